The van der Waals surface area contributed by atoms with Crippen LogP contribution < -0.4 is 4.74 Å². The predicted molar refractivity (Wildman–Crippen MR) is 104 cm³/mol. The van der Waals surface area contributed by atoms with Gasteiger partial charge in [0.25, 0.3) is 0 Å². The summed E-state index contributed by atoms with van der Waals surface area (Å²) in [4.78, 5) is 4.41. The minimum atomic E-state index is 0.412. The van der Waals surface area contributed by atoms with Crippen LogP contribution in [0, 0.1) is 0 Å². The Kier molecular flexibility index (Phi) is 5.13. The summed E-state index contributed by atoms with van der Waals surface area (Å²) in [6.45, 7) is 0. The van der Waals surface area contributed by atoms with E-state index >= 15 is 0 Å². The van der Waals surface area contributed by atoms with Gasteiger partial charge in [0.15, 0.2) is 5.16 Å². The first-order valence-corrected chi connectivity index (χ1v) is 9.49. The van der Waals surface area contributed by atoms with Gasteiger partial charge in [-0.15, -0.1) is 10.2 Å². The lowest BCUT2D eigenvalue weighted by atomic mass is 10.2. The number of thioether (sulfide) groups is 1. The number of nitrogens with zero attached hydrogens (tertiary/aromatic N) is 4. The first-order valence-electron chi connectivity index (χ1n) is 8.12. The molecule has 0 saturated carbocycles. The van der Waals surface area contributed by atoms with E-state index < -0.39 is 0 Å². The molecule has 8 heteroatoms. The van der Waals surface area contributed by atoms with Gasteiger partial charge in [-0.1, -0.05) is 35.5 Å². The summed E-state index contributed by atoms with van der Waals surface area (Å²) in [7, 11) is 1.65. The van der Waals surface area contributed by atoms with E-state index in [0.717, 1.165) is 22.2 Å². The van der Waals surface area contributed by atoms with Crippen molar-refractivity contribution in [2.24, 2.45) is 0 Å². The van der Waals surface area contributed by atoms with Crippen molar-refractivity contribution in [1.82, 2.24) is 19.7 Å². The molecule has 4 rings (SSSR count). The monoisotopic (exact) mass is 398 g/mol. The van der Waals surface area contributed by atoms with E-state index in [-0.39, 0.29) is 0 Å². The van der Waals surface area contributed by atoms with Gasteiger partial charge < -0.3 is 9.15 Å². The molecular weight excluding hydrogens is 384 g/mol. The highest BCUT2D eigenvalue weighted by molar-refractivity contribution is 7.98. The van der Waals surface area contributed by atoms with E-state index in [1.165, 1.54) is 11.8 Å². The summed E-state index contributed by atoms with van der Waals surface area (Å²) in [5.74, 6) is 2.24. The van der Waals surface area contributed by atoms with E-state index in [4.69, 9.17) is 20.8 Å². The quantitative estimate of drug-likeness (QED) is 0.431. The van der Waals surface area contributed by atoms with Crippen molar-refractivity contribution in [1.29, 1.82) is 0 Å². The largest absolute Gasteiger partial charge is 0.497 e. The van der Waals surface area contributed by atoms with Gasteiger partial charge in [-0.05, 0) is 36.4 Å². The summed E-state index contributed by atoms with van der Waals surface area (Å²) in [6.07, 6.45) is 3.67. The third-order valence-electron chi connectivity index (χ3n) is 3.85. The lowest BCUT2D eigenvalue weighted by molar-refractivity contribution is 0.414. The number of ether oxygens (including phenoxy) is 1. The fourth-order valence-corrected chi connectivity index (χ4v) is 3.54. The summed E-state index contributed by atoms with van der Waals surface area (Å²) in [5.41, 5.74) is 1.72. The Morgan fingerprint density at radius 3 is 2.70 bits per heavy atom. The Balaban J connectivity index is 1.49. The van der Waals surface area contributed by atoms with Gasteiger partial charge in [0, 0.05) is 18.1 Å². The van der Waals surface area contributed by atoms with Crippen LogP contribution in [0.3, 0.4) is 0 Å². The number of hydrogen-bond acceptors (Lipinski definition) is 6. The van der Waals surface area contributed by atoms with Crippen molar-refractivity contribution in [2.45, 2.75) is 10.9 Å². The second-order valence-electron chi connectivity index (χ2n) is 5.55. The number of benzene rings is 2. The maximum absolute atomic E-state index is 6.18. The third kappa shape index (κ3) is 3.84. The van der Waals surface area contributed by atoms with Gasteiger partial charge in [0.05, 0.1) is 23.4 Å². The van der Waals surface area contributed by atoms with Gasteiger partial charge >= 0.3 is 0 Å². The van der Waals surface area contributed by atoms with Crippen LogP contribution in [0.1, 0.15) is 5.89 Å². The summed E-state index contributed by atoms with van der Waals surface area (Å²) in [6, 6.07) is 15.2. The molecule has 0 spiro atoms. The van der Waals surface area contributed by atoms with Gasteiger partial charge in [-0.3, -0.25) is 4.57 Å². The first kappa shape index (κ1) is 17.6. The molecule has 0 saturated heterocycles. The van der Waals surface area contributed by atoms with Crippen LogP contribution >= 0.6 is 23.4 Å². The SMILES string of the molecule is COc1ccc(-n2ccnc2SCc2nnc(-c3ccccc3Cl)o2)cc1. The zero-order valence-corrected chi connectivity index (χ0v) is 15.9. The molecule has 2 aromatic heterocycles. The topological polar surface area (TPSA) is 66.0 Å². The van der Waals surface area contributed by atoms with Crippen LogP contribution in [-0.4, -0.2) is 26.9 Å². The van der Waals surface area contributed by atoms with Gasteiger partial charge in [-0.2, -0.15) is 0 Å². The molecule has 2 heterocycles. The molecule has 0 bridgehead atoms. The van der Waals surface area contributed by atoms with E-state index in [1.54, 1.807) is 19.4 Å². The highest BCUT2D eigenvalue weighted by Crippen LogP contribution is 2.29. The van der Waals surface area contributed by atoms with E-state index in [1.807, 2.05) is 53.2 Å². The maximum atomic E-state index is 6.18. The third-order valence-corrected chi connectivity index (χ3v) is 5.13. The van der Waals surface area contributed by atoms with Crippen molar-refractivity contribution in [3.05, 3.63) is 71.8 Å². The second-order valence-corrected chi connectivity index (χ2v) is 6.90. The molecule has 0 aliphatic rings. The molecule has 6 nitrogen and oxygen atoms in total. The lowest BCUT2D eigenvalue weighted by Crippen LogP contribution is -1.95. The molecule has 136 valence electrons. The molecule has 0 fully saturated rings. The highest BCUT2D eigenvalue weighted by atomic mass is 35.5. The molecule has 0 atom stereocenters. The van der Waals surface area contributed by atoms with Crippen molar-refractivity contribution in [2.75, 3.05) is 7.11 Å². The number of aromatic nitrogens is 4. The fourth-order valence-electron chi connectivity index (χ4n) is 2.52. The minimum Gasteiger partial charge on any atom is -0.497 e. The van der Waals surface area contributed by atoms with Crippen LogP contribution in [0.25, 0.3) is 17.1 Å². The van der Waals surface area contributed by atoms with Crippen molar-refractivity contribution in [3.8, 4) is 22.9 Å². The molecule has 0 unspecified atom stereocenters. The van der Waals surface area contributed by atoms with Gasteiger partial charge in [0.2, 0.25) is 11.8 Å². The first-order chi connectivity index (χ1) is 13.2. The molecule has 0 aliphatic heterocycles. The molecule has 0 radical (unpaired) electrons. The summed E-state index contributed by atoms with van der Waals surface area (Å²) in [5, 5.41) is 9.61. The number of imidazole rings is 1. The molecule has 4 aromatic rings. The number of hydrogen-bond donors (Lipinski definition) is 0. The zero-order valence-electron chi connectivity index (χ0n) is 14.4. The Morgan fingerprint density at radius 2 is 1.93 bits per heavy atom. The number of rotatable bonds is 6. The average molecular weight is 399 g/mol. The Hall–Kier alpha value is -2.77. The smallest absolute Gasteiger partial charge is 0.249 e. The molecule has 27 heavy (non-hydrogen) atoms. The van der Waals surface area contributed by atoms with Crippen LogP contribution in [0.2, 0.25) is 5.02 Å². The summed E-state index contributed by atoms with van der Waals surface area (Å²) >= 11 is 7.70. The van der Waals surface area contributed by atoms with Crippen LogP contribution in [0.15, 0.2) is 70.5 Å². The molecule has 0 aliphatic carbocycles. The van der Waals surface area contributed by atoms with Crippen LogP contribution in [0.5, 0.6) is 5.75 Å². The van der Waals surface area contributed by atoms with Crippen molar-refractivity contribution >= 4 is 23.4 Å². The Bertz CT molecular complexity index is 1050. The lowest BCUT2D eigenvalue weighted by Gasteiger charge is -2.07. The normalized spacial score (nSPS) is 10.9. The van der Waals surface area contributed by atoms with Crippen LogP contribution in [-0.2, 0) is 5.75 Å². The fraction of sp³-hybridized carbons (Fsp3) is 0.105. The molecular formula is C19H15ClN4O2S. The van der Waals surface area contributed by atoms with E-state index in [2.05, 4.69) is 15.2 Å². The average Bonchev–Trinajstić information content (AvgIpc) is 3.36. The standard InChI is InChI=1S/C19H15ClN4O2S/c1-25-14-8-6-13(7-9-14)24-11-10-21-19(24)27-12-17-22-23-18(26-17)15-4-2-3-5-16(15)20/h2-11H,12H2,1H3. The zero-order chi connectivity index (χ0) is 18.6. The van der Waals surface area contributed by atoms with Crippen molar-refractivity contribution in [3.63, 3.8) is 0 Å². The predicted octanol–water partition coefficient (Wildman–Crippen LogP) is 4.88. The van der Waals surface area contributed by atoms with Crippen molar-refractivity contribution < 1.29 is 9.15 Å². The minimum absolute atomic E-state index is 0.412. The van der Waals surface area contributed by atoms with Crippen LogP contribution in [0.4, 0.5) is 0 Å². The van der Waals surface area contributed by atoms with E-state index in [9.17, 15) is 0 Å². The Labute approximate surface area is 165 Å². The number of halogens is 1. The molecule has 0 N–H and O–H groups in total. The second kappa shape index (κ2) is 7.85. The van der Waals surface area contributed by atoms with Gasteiger partial charge in [-0.25, -0.2) is 4.98 Å². The highest BCUT2D eigenvalue weighted by Gasteiger charge is 2.13. The summed E-state index contributed by atoms with van der Waals surface area (Å²) < 4.78 is 12.9. The molecule has 0 amide bonds. The number of methoxy groups -OCH3 is 1. The maximum Gasteiger partial charge on any atom is 0.249 e. The Morgan fingerprint density at radius 1 is 1.11 bits per heavy atom. The van der Waals surface area contributed by atoms with Gasteiger partial charge in [0.1, 0.15) is 5.75 Å². The van der Waals surface area contributed by atoms with E-state index in [0.29, 0.717) is 22.6 Å². The molecule has 2 aromatic carbocycles.